The number of rotatable bonds is 8. The molecule has 3 aromatic rings. The summed E-state index contributed by atoms with van der Waals surface area (Å²) in [6, 6.07) is 18.4. The zero-order valence-electron chi connectivity index (χ0n) is 16.7. The van der Waals surface area contributed by atoms with Gasteiger partial charge in [0.05, 0.1) is 40.5 Å². The molecule has 2 N–H and O–H groups in total. The number of hydrogen-bond acceptors (Lipinski definition) is 8. The third-order valence-electron chi connectivity index (χ3n) is 4.27. The Hall–Kier alpha value is -4.43. The topological polar surface area (TPSA) is 147 Å². The molecule has 0 heterocycles. The van der Waals surface area contributed by atoms with E-state index in [1.54, 1.807) is 42.5 Å². The summed E-state index contributed by atoms with van der Waals surface area (Å²) >= 11 is 0. The van der Waals surface area contributed by atoms with E-state index in [0.29, 0.717) is 16.9 Å². The highest BCUT2D eigenvalue weighted by molar-refractivity contribution is 7.92. The van der Waals surface area contributed by atoms with Crippen molar-refractivity contribution in [1.82, 2.24) is 0 Å². The van der Waals surface area contributed by atoms with E-state index in [1.807, 2.05) is 6.07 Å². The first-order valence-corrected chi connectivity index (χ1v) is 10.6. The van der Waals surface area contributed by atoms with Gasteiger partial charge in [0.2, 0.25) is 0 Å². The Morgan fingerprint density at radius 3 is 2.47 bits per heavy atom. The third-order valence-corrected chi connectivity index (χ3v) is 5.63. The number of sulfonamides is 1. The Morgan fingerprint density at radius 2 is 1.81 bits per heavy atom. The number of nitrogens with zero attached hydrogens (tertiary/aromatic N) is 3. The lowest BCUT2D eigenvalue weighted by molar-refractivity contribution is -0.384. The summed E-state index contributed by atoms with van der Waals surface area (Å²) < 4.78 is 33.0. The van der Waals surface area contributed by atoms with E-state index >= 15 is 0 Å². The van der Waals surface area contributed by atoms with Crippen molar-refractivity contribution in [3.05, 3.63) is 88.0 Å². The van der Waals surface area contributed by atoms with Crippen LogP contribution in [0.5, 0.6) is 5.75 Å². The number of nitriles is 1. The predicted molar refractivity (Wildman–Crippen MR) is 119 cm³/mol. The lowest BCUT2D eigenvalue weighted by atomic mass is 10.2. The first-order chi connectivity index (χ1) is 15.3. The van der Waals surface area contributed by atoms with Crippen LogP contribution in [-0.4, -0.2) is 26.7 Å². The third kappa shape index (κ3) is 5.18. The predicted octanol–water partition coefficient (Wildman–Crippen LogP) is 3.72. The second kappa shape index (κ2) is 9.59. The molecule has 0 aliphatic heterocycles. The number of anilines is 2. The molecule has 0 saturated carbocycles. The molecule has 32 heavy (non-hydrogen) atoms. The minimum Gasteiger partial charge on any atom is -0.495 e. The van der Waals surface area contributed by atoms with E-state index in [1.165, 1.54) is 31.5 Å². The maximum atomic E-state index is 12.7. The number of ether oxygens (including phenoxy) is 1. The van der Waals surface area contributed by atoms with Gasteiger partial charge in [-0.05, 0) is 42.0 Å². The van der Waals surface area contributed by atoms with Gasteiger partial charge < -0.3 is 4.74 Å². The van der Waals surface area contributed by atoms with Gasteiger partial charge >= 0.3 is 0 Å². The molecule has 10 nitrogen and oxygen atoms in total. The van der Waals surface area contributed by atoms with Crippen molar-refractivity contribution in [3.8, 4) is 11.8 Å². The molecule has 3 aromatic carbocycles. The van der Waals surface area contributed by atoms with Crippen LogP contribution in [0.1, 0.15) is 11.1 Å². The lowest BCUT2D eigenvalue weighted by Gasteiger charge is -2.12. The normalized spacial score (nSPS) is 11.0. The van der Waals surface area contributed by atoms with E-state index in [-0.39, 0.29) is 16.3 Å². The lowest BCUT2D eigenvalue weighted by Crippen LogP contribution is -2.14. The van der Waals surface area contributed by atoms with E-state index in [2.05, 4.69) is 15.2 Å². The maximum Gasteiger partial charge on any atom is 0.295 e. The molecule has 0 unspecified atom stereocenters. The fraction of sp³-hybridized carbons (Fsp3) is 0.0476. The van der Waals surface area contributed by atoms with Crippen molar-refractivity contribution in [3.63, 3.8) is 0 Å². The standard InChI is InChI=1S/C21H17N5O5S/c1-31-21-5-3-2-4-19(21)25-32(29,30)17-10-11-18(20(12-17)26(27)28)24-23-14-16-8-6-15(13-22)7-9-16/h2-12,14,24-25H,1H3. The molecule has 0 aromatic heterocycles. The molecule has 0 bridgehead atoms. The van der Waals surface area contributed by atoms with Crippen molar-refractivity contribution in [1.29, 1.82) is 5.26 Å². The molecule has 0 spiro atoms. The van der Waals surface area contributed by atoms with Crippen LogP contribution >= 0.6 is 0 Å². The van der Waals surface area contributed by atoms with Crippen LogP contribution in [0.4, 0.5) is 17.1 Å². The Morgan fingerprint density at radius 1 is 1.09 bits per heavy atom. The zero-order chi connectivity index (χ0) is 23.1. The minimum atomic E-state index is -4.12. The molecular weight excluding hydrogens is 434 g/mol. The highest BCUT2D eigenvalue weighted by atomic mass is 32.2. The summed E-state index contributed by atoms with van der Waals surface area (Å²) in [6.45, 7) is 0. The average Bonchev–Trinajstić information content (AvgIpc) is 2.79. The largest absolute Gasteiger partial charge is 0.495 e. The average molecular weight is 451 g/mol. The van der Waals surface area contributed by atoms with E-state index < -0.39 is 20.6 Å². The summed E-state index contributed by atoms with van der Waals surface area (Å²) in [5, 5.41) is 24.3. The number of hydrazone groups is 1. The van der Waals surface area contributed by atoms with Gasteiger partial charge in [-0.2, -0.15) is 10.4 Å². The van der Waals surface area contributed by atoms with Crippen molar-refractivity contribution < 1.29 is 18.1 Å². The van der Waals surface area contributed by atoms with E-state index in [9.17, 15) is 18.5 Å². The first kappa shape index (κ1) is 22.3. The van der Waals surface area contributed by atoms with Gasteiger partial charge in [-0.25, -0.2) is 8.42 Å². The van der Waals surface area contributed by atoms with Crippen LogP contribution in [0, 0.1) is 21.4 Å². The fourth-order valence-corrected chi connectivity index (χ4v) is 3.77. The maximum absolute atomic E-state index is 12.7. The molecule has 3 rings (SSSR count). The number of para-hydroxylation sites is 2. The van der Waals surface area contributed by atoms with Crippen LogP contribution in [0.25, 0.3) is 0 Å². The molecule has 162 valence electrons. The smallest absolute Gasteiger partial charge is 0.295 e. The second-order valence-corrected chi connectivity index (χ2v) is 8.03. The second-order valence-electron chi connectivity index (χ2n) is 6.35. The first-order valence-electron chi connectivity index (χ1n) is 9.07. The number of nitro benzene ring substituents is 1. The van der Waals surface area contributed by atoms with Gasteiger partial charge in [-0.1, -0.05) is 24.3 Å². The molecule has 0 radical (unpaired) electrons. The Bertz CT molecular complexity index is 1320. The van der Waals surface area contributed by atoms with Gasteiger partial charge in [0.15, 0.2) is 0 Å². The monoisotopic (exact) mass is 451 g/mol. The minimum absolute atomic E-state index is 0.0103. The molecular formula is C21H17N5O5S. The highest BCUT2D eigenvalue weighted by Gasteiger charge is 2.22. The fourth-order valence-electron chi connectivity index (χ4n) is 2.68. The van der Waals surface area contributed by atoms with Crippen molar-refractivity contribution >= 4 is 33.3 Å². The quantitative estimate of drug-likeness (QED) is 0.301. The number of hydrogen-bond donors (Lipinski definition) is 2. The van der Waals surface area contributed by atoms with Crippen LogP contribution < -0.4 is 14.9 Å². The van der Waals surface area contributed by atoms with Crippen molar-refractivity contribution in [2.24, 2.45) is 5.10 Å². The van der Waals surface area contributed by atoms with Gasteiger partial charge in [0, 0.05) is 6.07 Å². The van der Waals surface area contributed by atoms with Crippen LogP contribution in [-0.2, 0) is 10.0 Å². The van der Waals surface area contributed by atoms with Gasteiger partial charge in [-0.15, -0.1) is 0 Å². The summed E-state index contributed by atoms with van der Waals surface area (Å²) in [7, 11) is -2.72. The number of methoxy groups -OCH3 is 1. The SMILES string of the molecule is COc1ccccc1NS(=O)(=O)c1ccc(NN=Cc2ccc(C#N)cc2)c([N+](=O)[O-])c1. The summed E-state index contributed by atoms with van der Waals surface area (Å²) in [5.41, 5.74) is 3.45. The molecule has 0 aliphatic rings. The van der Waals surface area contributed by atoms with E-state index in [4.69, 9.17) is 10.00 Å². The number of benzene rings is 3. The van der Waals surface area contributed by atoms with Gasteiger partial charge in [0.25, 0.3) is 15.7 Å². The van der Waals surface area contributed by atoms with Gasteiger partial charge in [0.1, 0.15) is 11.4 Å². The summed E-state index contributed by atoms with van der Waals surface area (Å²) in [4.78, 5) is 10.5. The number of nitro groups is 1. The zero-order valence-corrected chi connectivity index (χ0v) is 17.5. The van der Waals surface area contributed by atoms with Crippen LogP contribution in [0.2, 0.25) is 0 Å². The molecule has 0 fully saturated rings. The molecule has 0 amide bonds. The summed E-state index contributed by atoms with van der Waals surface area (Å²) in [5.74, 6) is 0.306. The Balaban J connectivity index is 1.84. The Kier molecular flexibility index (Phi) is 6.67. The van der Waals surface area contributed by atoms with Gasteiger partial charge in [-0.3, -0.25) is 20.3 Å². The number of nitrogens with one attached hydrogen (secondary N) is 2. The van der Waals surface area contributed by atoms with Crippen LogP contribution in [0.3, 0.4) is 0 Å². The van der Waals surface area contributed by atoms with E-state index in [0.717, 1.165) is 6.07 Å². The van der Waals surface area contributed by atoms with Crippen molar-refractivity contribution in [2.75, 3.05) is 17.3 Å². The van der Waals surface area contributed by atoms with Crippen molar-refractivity contribution in [2.45, 2.75) is 4.90 Å². The molecule has 0 saturated heterocycles. The summed E-state index contributed by atoms with van der Waals surface area (Å²) in [6.07, 6.45) is 1.42. The highest BCUT2D eigenvalue weighted by Crippen LogP contribution is 2.30. The molecule has 0 atom stereocenters. The Labute approximate surface area is 184 Å². The molecule has 0 aliphatic carbocycles. The molecule has 11 heteroatoms. The van der Waals surface area contributed by atoms with Crippen LogP contribution in [0.15, 0.2) is 76.7 Å².